The fourth-order valence-corrected chi connectivity index (χ4v) is 4.48. The molecule has 0 bridgehead atoms. The van der Waals surface area contributed by atoms with Crippen LogP contribution in [0.15, 0.2) is 12.5 Å². The van der Waals surface area contributed by atoms with E-state index in [-0.39, 0.29) is 18.6 Å². The quantitative estimate of drug-likeness (QED) is 0.133. The van der Waals surface area contributed by atoms with E-state index >= 15 is 0 Å². The van der Waals surface area contributed by atoms with Gasteiger partial charge in [0.05, 0.1) is 30.0 Å². The normalized spacial score (nSPS) is 19.1. The lowest BCUT2D eigenvalue weighted by Gasteiger charge is -2.27. The highest BCUT2D eigenvalue weighted by atomic mass is 16.8. The minimum absolute atomic E-state index is 0.217. The monoisotopic (exact) mass is 581 g/mol. The molecule has 1 aliphatic rings. The van der Waals surface area contributed by atoms with Gasteiger partial charge in [-0.25, -0.2) is 14.6 Å². The van der Waals surface area contributed by atoms with E-state index in [1.165, 1.54) is 26.7 Å². The zero-order chi connectivity index (χ0) is 30.5. The zero-order valence-corrected chi connectivity index (χ0v) is 25.4. The summed E-state index contributed by atoms with van der Waals surface area (Å²) in [6.45, 7) is 12.1. The van der Waals surface area contributed by atoms with Crippen LogP contribution < -0.4 is 5.32 Å². The number of carbonyl (C=O) groups excluding carboxylic acids is 4. The number of aromatic nitrogens is 2. The number of hydrogen-bond acceptors (Lipinski definition) is 10. The molecule has 1 aromatic heterocycles. The Labute approximate surface area is 242 Å². The van der Waals surface area contributed by atoms with Gasteiger partial charge in [0, 0.05) is 39.1 Å². The third-order valence-electron chi connectivity index (χ3n) is 6.75. The molecule has 12 heteroatoms. The van der Waals surface area contributed by atoms with Crippen LogP contribution in [0.3, 0.4) is 0 Å². The van der Waals surface area contributed by atoms with E-state index in [2.05, 4.69) is 21.8 Å². The topological polar surface area (TPSA) is 144 Å². The number of amides is 1. The van der Waals surface area contributed by atoms with Crippen LogP contribution in [-0.2, 0) is 39.7 Å². The summed E-state index contributed by atoms with van der Waals surface area (Å²) < 4.78 is 27.6. The van der Waals surface area contributed by atoms with Gasteiger partial charge in [0.25, 0.3) is 0 Å². The van der Waals surface area contributed by atoms with E-state index < -0.39 is 42.7 Å². The van der Waals surface area contributed by atoms with E-state index in [9.17, 15) is 19.2 Å². The summed E-state index contributed by atoms with van der Waals surface area (Å²) in [5.41, 5.74) is 0.756. The maximum atomic E-state index is 13.1. The molecule has 1 heterocycles. The van der Waals surface area contributed by atoms with E-state index in [1.54, 1.807) is 27.7 Å². The molecule has 232 valence electrons. The molecule has 1 aliphatic carbocycles. The van der Waals surface area contributed by atoms with E-state index in [1.807, 2.05) is 12.5 Å². The Morgan fingerprint density at radius 2 is 1.54 bits per heavy atom. The van der Waals surface area contributed by atoms with Crippen LogP contribution in [0.2, 0.25) is 0 Å². The van der Waals surface area contributed by atoms with Gasteiger partial charge in [-0.3, -0.25) is 9.59 Å². The van der Waals surface area contributed by atoms with Gasteiger partial charge in [0.2, 0.25) is 12.6 Å². The average molecular weight is 582 g/mol. The largest absolute Gasteiger partial charge is 0.511 e. The molecule has 12 nitrogen and oxygen atoms in total. The summed E-state index contributed by atoms with van der Waals surface area (Å²) in [5, 5.41) is 2.60. The number of nitrogens with one attached hydrogen (secondary N) is 1. The number of hydrogen-bond donors (Lipinski definition) is 1. The van der Waals surface area contributed by atoms with Crippen molar-refractivity contribution in [2.24, 2.45) is 17.8 Å². The molecular formula is C29H47N3O9. The minimum Gasteiger partial charge on any atom is -0.431 e. The predicted molar refractivity (Wildman–Crippen MR) is 148 cm³/mol. The molecular weight excluding hydrogens is 534 g/mol. The number of carbonyl (C=O) groups is 4. The van der Waals surface area contributed by atoms with Crippen LogP contribution in [0.25, 0.3) is 0 Å². The maximum absolute atomic E-state index is 13.1. The average Bonchev–Trinajstić information content (AvgIpc) is 3.33. The van der Waals surface area contributed by atoms with E-state index in [0.29, 0.717) is 25.3 Å². The maximum Gasteiger partial charge on any atom is 0.511 e. The third kappa shape index (κ3) is 12.8. The molecule has 0 aliphatic heterocycles. The second-order valence-corrected chi connectivity index (χ2v) is 11.3. The SMILES string of the molecule is CC(C)OC(=O)OC(C)OC(=O)C(CCCNC(=O)OC(C)OC(=O)C(C)C)Cc1cn([C@H]2CC[C@H](C)CC2)cn1. The van der Waals surface area contributed by atoms with Crippen LogP contribution in [0.1, 0.15) is 98.7 Å². The molecule has 3 atom stereocenters. The van der Waals surface area contributed by atoms with Gasteiger partial charge in [0.1, 0.15) is 0 Å². The second kappa shape index (κ2) is 16.8. The first-order chi connectivity index (χ1) is 19.3. The van der Waals surface area contributed by atoms with Gasteiger partial charge in [-0.2, -0.15) is 0 Å². The van der Waals surface area contributed by atoms with Gasteiger partial charge < -0.3 is 33.6 Å². The first-order valence-corrected chi connectivity index (χ1v) is 14.6. The van der Waals surface area contributed by atoms with Crippen LogP contribution in [0, 0.1) is 17.8 Å². The fraction of sp³-hybridized carbons (Fsp3) is 0.759. The van der Waals surface area contributed by atoms with E-state index in [4.69, 9.17) is 23.7 Å². The van der Waals surface area contributed by atoms with Crippen LogP contribution in [0.4, 0.5) is 9.59 Å². The Balaban J connectivity index is 1.94. The highest BCUT2D eigenvalue weighted by Gasteiger charge is 2.26. The Morgan fingerprint density at radius 1 is 0.902 bits per heavy atom. The lowest BCUT2D eigenvalue weighted by molar-refractivity contribution is -0.174. The predicted octanol–water partition coefficient (Wildman–Crippen LogP) is 5.30. The summed E-state index contributed by atoms with van der Waals surface area (Å²) >= 11 is 0. The van der Waals surface area contributed by atoms with Gasteiger partial charge in [-0.05, 0) is 58.3 Å². The molecule has 0 saturated heterocycles. The summed E-state index contributed by atoms with van der Waals surface area (Å²) in [6.07, 6.45) is 5.28. The molecule has 0 radical (unpaired) electrons. The fourth-order valence-electron chi connectivity index (χ4n) is 4.48. The van der Waals surface area contributed by atoms with Crippen LogP contribution >= 0.6 is 0 Å². The highest BCUT2D eigenvalue weighted by Crippen LogP contribution is 2.32. The minimum atomic E-state index is -1.14. The second-order valence-electron chi connectivity index (χ2n) is 11.3. The van der Waals surface area contributed by atoms with Crippen molar-refractivity contribution in [3.63, 3.8) is 0 Å². The van der Waals surface area contributed by atoms with Crippen molar-refractivity contribution in [1.82, 2.24) is 14.9 Å². The number of nitrogens with zero attached hydrogens (tertiary/aromatic N) is 2. The zero-order valence-electron chi connectivity index (χ0n) is 25.4. The van der Waals surface area contributed by atoms with Crippen molar-refractivity contribution in [3.05, 3.63) is 18.2 Å². The molecule has 0 aromatic carbocycles. The number of ether oxygens (including phenoxy) is 5. The summed E-state index contributed by atoms with van der Waals surface area (Å²) in [6, 6.07) is 0.399. The lowest BCUT2D eigenvalue weighted by Crippen LogP contribution is -2.32. The van der Waals surface area contributed by atoms with Gasteiger partial charge >= 0.3 is 24.2 Å². The van der Waals surface area contributed by atoms with Crippen molar-refractivity contribution in [1.29, 1.82) is 0 Å². The molecule has 2 rings (SSSR count). The summed E-state index contributed by atoms with van der Waals surface area (Å²) in [5.74, 6) is -1.22. The smallest absolute Gasteiger partial charge is 0.431 e. The van der Waals surface area contributed by atoms with E-state index in [0.717, 1.165) is 24.5 Å². The van der Waals surface area contributed by atoms with Gasteiger partial charge in [-0.1, -0.05) is 20.8 Å². The van der Waals surface area contributed by atoms with Gasteiger partial charge in [-0.15, -0.1) is 0 Å². The Bertz CT molecular complexity index is 986. The Morgan fingerprint density at radius 3 is 2.17 bits per heavy atom. The molecule has 1 saturated carbocycles. The van der Waals surface area contributed by atoms with Crippen molar-refractivity contribution in [2.75, 3.05) is 6.54 Å². The molecule has 1 N–H and O–H groups in total. The number of rotatable bonds is 14. The van der Waals surface area contributed by atoms with Crippen LogP contribution in [0.5, 0.6) is 0 Å². The number of esters is 2. The molecule has 3 unspecified atom stereocenters. The molecule has 1 aromatic rings. The molecule has 1 amide bonds. The molecule has 1 fully saturated rings. The lowest BCUT2D eigenvalue weighted by atomic mass is 9.87. The summed E-state index contributed by atoms with van der Waals surface area (Å²) in [7, 11) is 0. The van der Waals surface area contributed by atoms with Crippen LogP contribution in [-0.4, -0.2) is 59.0 Å². The van der Waals surface area contributed by atoms with Crippen molar-refractivity contribution < 1.29 is 42.9 Å². The Kier molecular flexibility index (Phi) is 13.9. The van der Waals surface area contributed by atoms with Crippen molar-refractivity contribution >= 4 is 24.2 Å². The van der Waals surface area contributed by atoms with Crippen molar-refractivity contribution in [2.45, 2.75) is 118 Å². The third-order valence-corrected chi connectivity index (χ3v) is 6.75. The molecule has 41 heavy (non-hydrogen) atoms. The Hall–Kier alpha value is -3.31. The molecule has 0 spiro atoms. The standard InChI is InChI=1S/C29H47N3O9/c1-18(2)26(33)38-21(6)40-28(35)30-14-8-9-23(27(34)39-22(7)41-29(36)37-19(3)4)15-24-16-32(17-31-24)25-12-10-20(5)11-13-25/h16-23,25H,8-15H2,1-7H3,(H,30,35)/t20-,21?,22?,23?,25-. The first-order valence-electron chi connectivity index (χ1n) is 14.6. The van der Waals surface area contributed by atoms with Gasteiger partial charge in [0.15, 0.2) is 0 Å². The summed E-state index contributed by atoms with van der Waals surface area (Å²) in [4.78, 5) is 53.2. The number of imidazole rings is 1. The van der Waals surface area contributed by atoms with Crippen molar-refractivity contribution in [3.8, 4) is 0 Å². The first kappa shape index (κ1) is 33.9. The number of alkyl carbamates (subject to hydrolysis) is 1. The highest BCUT2D eigenvalue weighted by molar-refractivity contribution is 5.73.